The third-order valence-electron chi connectivity index (χ3n) is 4.38. The van der Waals surface area contributed by atoms with Gasteiger partial charge in [0.2, 0.25) is 11.8 Å². The van der Waals surface area contributed by atoms with Crippen LogP contribution in [0.4, 0.5) is 0 Å². The Balaban J connectivity index is 0.00000200. The van der Waals surface area contributed by atoms with E-state index in [0.29, 0.717) is 19.5 Å². The van der Waals surface area contributed by atoms with E-state index in [9.17, 15) is 9.59 Å². The average Bonchev–Trinajstić information content (AvgIpc) is 2.79. The van der Waals surface area contributed by atoms with Gasteiger partial charge in [-0.3, -0.25) is 9.59 Å². The summed E-state index contributed by atoms with van der Waals surface area (Å²) in [7, 11) is 0. The molecule has 0 saturated carbocycles. The summed E-state index contributed by atoms with van der Waals surface area (Å²) in [6.45, 7) is 5.99. The lowest BCUT2D eigenvalue weighted by molar-refractivity contribution is -0.139. The minimum absolute atomic E-state index is 0. The predicted molar refractivity (Wildman–Crippen MR) is 80.6 cm³/mol. The van der Waals surface area contributed by atoms with E-state index in [4.69, 9.17) is 5.73 Å². The van der Waals surface area contributed by atoms with E-state index in [-0.39, 0.29) is 42.2 Å². The molecule has 2 aliphatic rings. The highest BCUT2D eigenvalue weighted by atomic mass is 35.5. The number of hydrogen-bond acceptors (Lipinski definition) is 3. The number of nitrogens with two attached hydrogens (primary N) is 1. The Morgan fingerprint density at radius 3 is 2.70 bits per heavy atom. The van der Waals surface area contributed by atoms with Gasteiger partial charge in [-0.1, -0.05) is 0 Å². The molecule has 6 heteroatoms. The van der Waals surface area contributed by atoms with E-state index in [1.807, 2.05) is 18.7 Å². The summed E-state index contributed by atoms with van der Waals surface area (Å²) in [6.07, 6.45) is 3.55. The van der Waals surface area contributed by atoms with Crippen molar-refractivity contribution < 1.29 is 9.59 Å². The standard InChI is InChI=1S/C14H25N3O2.ClH/c1-3-16-9-11(8-13(16)18)14(19)17-7-5-4-6-12(17)10(2)15;/h10-12H,3-9,15H2,1-2H3;1H. The van der Waals surface area contributed by atoms with Crippen LogP contribution in [0.1, 0.15) is 39.5 Å². The number of hydrogen-bond donors (Lipinski definition) is 1. The molecule has 2 fully saturated rings. The van der Waals surface area contributed by atoms with Crippen molar-refractivity contribution in [1.82, 2.24) is 9.80 Å². The SMILES string of the molecule is CCN1CC(C(=O)N2CCCCC2C(C)N)CC1=O.Cl. The molecule has 2 amide bonds. The fourth-order valence-corrected chi connectivity index (χ4v) is 3.26. The van der Waals surface area contributed by atoms with Crippen molar-refractivity contribution in [2.45, 2.75) is 51.6 Å². The van der Waals surface area contributed by atoms with Gasteiger partial charge >= 0.3 is 0 Å². The van der Waals surface area contributed by atoms with E-state index < -0.39 is 0 Å². The number of piperidine rings is 1. The van der Waals surface area contributed by atoms with Gasteiger partial charge in [-0.2, -0.15) is 0 Å². The van der Waals surface area contributed by atoms with Crippen LogP contribution in [0.15, 0.2) is 0 Å². The van der Waals surface area contributed by atoms with E-state index in [1.165, 1.54) is 0 Å². The molecule has 0 spiro atoms. The molecule has 3 unspecified atom stereocenters. The monoisotopic (exact) mass is 303 g/mol. The van der Waals surface area contributed by atoms with E-state index in [2.05, 4.69) is 0 Å². The first-order chi connectivity index (χ1) is 9.04. The third kappa shape index (κ3) is 3.44. The van der Waals surface area contributed by atoms with Crippen LogP contribution in [-0.4, -0.2) is 53.3 Å². The average molecular weight is 304 g/mol. The Hall–Kier alpha value is -0.810. The zero-order valence-electron chi connectivity index (χ0n) is 12.4. The first-order valence-electron chi connectivity index (χ1n) is 7.38. The summed E-state index contributed by atoms with van der Waals surface area (Å²) in [6, 6.07) is 0.149. The molecule has 2 aliphatic heterocycles. The topological polar surface area (TPSA) is 66.6 Å². The van der Waals surface area contributed by atoms with Gasteiger partial charge in [0.15, 0.2) is 0 Å². The summed E-state index contributed by atoms with van der Waals surface area (Å²) in [4.78, 5) is 28.1. The molecule has 0 aromatic rings. The zero-order chi connectivity index (χ0) is 14.0. The summed E-state index contributed by atoms with van der Waals surface area (Å²) >= 11 is 0. The fourth-order valence-electron chi connectivity index (χ4n) is 3.26. The molecule has 2 rings (SSSR count). The predicted octanol–water partition coefficient (Wildman–Crippen LogP) is 1.00. The van der Waals surface area contributed by atoms with Crippen molar-refractivity contribution in [3.63, 3.8) is 0 Å². The van der Waals surface area contributed by atoms with E-state index >= 15 is 0 Å². The van der Waals surface area contributed by atoms with Crippen molar-refractivity contribution in [3.05, 3.63) is 0 Å². The third-order valence-corrected chi connectivity index (χ3v) is 4.38. The number of carbonyl (C=O) groups is 2. The molecule has 2 saturated heterocycles. The van der Waals surface area contributed by atoms with Crippen LogP contribution >= 0.6 is 12.4 Å². The minimum Gasteiger partial charge on any atom is -0.342 e. The first kappa shape index (κ1) is 17.2. The van der Waals surface area contributed by atoms with Gasteiger partial charge in [0.25, 0.3) is 0 Å². The maximum absolute atomic E-state index is 12.6. The molecule has 0 aromatic carbocycles. The second-order valence-electron chi connectivity index (χ2n) is 5.79. The lowest BCUT2D eigenvalue weighted by Crippen LogP contribution is -2.53. The number of nitrogens with zero attached hydrogens (tertiary/aromatic N) is 2. The summed E-state index contributed by atoms with van der Waals surface area (Å²) in [5.41, 5.74) is 6.00. The molecule has 2 heterocycles. The number of rotatable bonds is 3. The van der Waals surface area contributed by atoms with Crippen molar-refractivity contribution >= 4 is 24.2 Å². The van der Waals surface area contributed by atoms with Gasteiger partial charge in [-0.05, 0) is 33.1 Å². The Kier molecular flexibility index (Phi) is 6.27. The first-order valence-corrected chi connectivity index (χ1v) is 7.38. The van der Waals surface area contributed by atoms with Crippen LogP contribution in [0.3, 0.4) is 0 Å². The molecule has 116 valence electrons. The van der Waals surface area contributed by atoms with Gasteiger partial charge in [-0.25, -0.2) is 0 Å². The van der Waals surface area contributed by atoms with Crippen molar-refractivity contribution in [1.29, 1.82) is 0 Å². The lowest BCUT2D eigenvalue weighted by atomic mass is 9.94. The Morgan fingerprint density at radius 1 is 1.45 bits per heavy atom. The fraction of sp³-hybridized carbons (Fsp3) is 0.857. The molecule has 20 heavy (non-hydrogen) atoms. The highest BCUT2D eigenvalue weighted by Crippen LogP contribution is 2.25. The molecule has 3 atom stereocenters. The van der Waals surface area contributed by atoms with Gasteiger partial charge in [-0.15, -0.1) is 12.4 Å². The van der Waals surface area contributed by atoms with Crippen LogP contribution in [0.25, 0.3) is 0 Å². The maximum Gasteiger partial charge on any atom is 0.228 e. The van der Waals surface area contributed by atoms with Gasteiger partial charge < -0.3 is 15.5 Å². The summed E-state index contributed by atoms with van der Waals surface area (Å²) in [5.74, 6) is 0.0771. The lowest BCUT2D eigenvalue weighted by Gasteiger charge is -2.39. The number of likely N-dealkylation sites (tertiary alicyclic amines) is 2. The van der Waals surface area contributed by atoms with Crippen LogP contribution in [0.5, 0.6) is 0 Å². The minimum atomic E-state index is -0.160. The highest BCUT2D eigenvalue weighted by molar-refractivity contribution is 5.89. The summed E-state index contributed by atoms with van der Waals surface area (Å²) in [5, 5.41) is 0. The molecule has 0 aliphatic carbocycles. The molecule has 0 bridgehead atoms. The Labute approximate surface area is 127 Å². The largest absolute Gasteiger partial charge is 0.342 e. The number of amides is 2. The van der Waals surface area contributed by atoms with Gasteiger partial charge in [0, 0.05) is 38.1 Å². The second-order valence-corrected chi connectivity index (χ2v) is 5.79. The van der Waals surface area contributed by atoms with Gasteiger partial charge in [0.1, 0.15) is 0 Å². The molecule has 5 nitrogen and oxygen atoms in total. The van der Waals surface area contributed by atoms with Crippen LogP contribution < -0.4 is 5.73 Å². The van der Waals surface area contributed by atoms with Crippen molar-refractivity contribution in [3.8, 4) is 0 Å². The number of carbonyl (C=O) groups excluding carboxylic acids is 2. The maximum atomic E-state index is 12.6. The highest BCUT2D eigenvalue weighted by Gasteiger charge is 2.39. The quantitative estimate of drug-likeness (QED) is 0.846. The van der Waals surface area contributed by atoms with E-state index in [1.54, 1.807) is 4.90 Å². The van der Waals surface area contributed by atoms with Crippen molar-refractivity contribution in [2.24, 2.45) is 11.7 Å². The van der Waals surface area contributed by atoms with Crippen molar-refractivity contribution in [2.75, 3.05) is 19.6 Å². The Morgan fingerprint density at radius 2 is 2.15 bits per heavy atom. The summed E-state index contributed by atoms with van der Waals surface area (Å²) < 4.78 is 0. The zero-order valence-corrected chi connectivity index (χ0v) is 13.2. The molecular weight excluding hydrogens is 278 g/mol. The van der Waals surface area contributed by atoms with Gasteiger partial charge in [0.05, 0.1) is 5.92 Å². The Bertz CT molecular complexity index is 362. The molecule has 0 radical (unpaired) electrons. The molecule has 0 aromatic heterocycles. The van der Waals surface area contributed by atoms with Crippen LogP contribution in [0.2, 0.25) is 0 Å². The normalized spacial score (nSPS) is 28.2. The molecular formula is C14H26ClN3O2. The van der Waals surface area contributed by atoms with E-state index in [0.717, 1.165) is 25.8 Å². The molecule has 2 N–H and O–H groups in total. The van der Waals surface area contributed by atoms with Crippen LogP contribution in [0, 0.1) is 5.92 Å². The number of halogens is 1. The second kappa shape index (κ2) is 7.27. The smallest absolute Gasteiger partial charge is 0.228 e. The van der Waals surface area contributed by atoms with Crippen LogP contribution in [-0.2, 0) is 9.59 Å².